The molecule has 0 aliphatic rings. The van der Waals surface area contributed by atoms with Crippen LogP contribution in [0.1, 0.15) is 36.2 Å². The molecule has 1 N–H and O–H groups in total. The first-order valence-electron chi connectivity index (χ1n) is 8.16. The first kappa shape index (κ1) is 15.8. The minimum Gasteiger partial charge on any atom is -0.310 e. The Labute approximate surface area is 138 Å². The Morgan fingerprint density at radius 3 is 2.65 bits per heavy atom. The maximum Gasteiger partial charge on any atom is 0.137 e. The highest BCUT2D eigenvalue weighted by Crippen LogP contribution is 2.23. The van der Waals surface area contributed by atoms with Gasteiger partial charge in [0.05, 0.1) is 11.9 Å². The van der Waals surface area contributed by atoms with Gasteiger partial charge in [-0.2, -0.15) is 0 Å². The van der Waals surface area contributed by atoms with Crippen molar-refractivity contribution in [2.24, 2.45) is 0 Å². The zero-order valence-corrected chi connectivity index (χ0v) is 14.4. The van der Waals surface area contributed by atoms with Crippen molar-refractivity contribution in [1.82, 2.24) is 14.7 Å². The Bertz CT molecular complexity index is 815. The summed E-state index contributed by atoms with van der Waals surface area (Å²) in [5, 5.41) is 3.59. The molecule has 2 heterocycles. The third-order valence-electron chi connectivity index (χ3n) is 4.42. The predicted molar refractivity (Wildman–Crippen MR) is 95.8 cm³/mol. The highest BCUT2D eigenvalue weighted by Gasteiger charge is 2.20. The number of imidazole rings is 1. The van der Waals surface area contributed by atoms with Crippen LogP contribution in [-0.2, 0) is 12.0 Å². The summed E-state index contributed by atoms with van der Waals surface area (Å²) in [6.45, 7) is 10.6. The largest absolute Gasteiger partial charge is 0.310 e. The summed E-state index contributed by atoms with van der Waals surface area (Å²) in [6.07, 6.45) is 4.06. The summed E-state index contributed by atoms with van der Waals surface area (Å²) in [6, 6.07) is 13.0. The highest BCUT2D eigenvalue weighted by molar-refractivity contribution is 5.42. The molecule has 3 heteroatoms. The second-order valence-corrected chi connectivity index (χ2v) is 7.04. The summed E-state index contributed by atoms with van der Waals surface area (Å²) in [4.78, 5) is 4.49. The lowest BCUT2D eigenvalue weighted by atomic mass is 9.84. The molecule has 3 rings (SSSR count). The van der Waals surface area contributed by atoms with Crippen LogP contribution in [0, 0.1) is 13.8 Å². The number of rotatable bonds is 5. The number of hydrogen-bond acceptors (Lipinski definition) is 2. The molecule has 23 heavy (non-hydrogen) atoms. The van der Waals surface area contributed by atoms with Crippen LogP contribution < -0.4 is 5.32 Å². The van der Waals surface area contributed by atoms with E-state index < -0.39 is 0 Å². The molecule has 0 bridgehead atoms. The SMILES string of the molecule is Cc1cccc(C(C)(C)CNCc2cnc3cc(C)ccn23)c1. The van der Waals surface area contributed by atoms with Gasteiger partial charge in [0.1, 0.15) is 5.65 Å². The zero-order chi connectivity index (χ0) is 16.4. The van der Waals surface area contributed by atoms with Crippen molar-refractivity contribution in [3.63, 3.8) is 0 Å². The van der Waals surface area contributed by atoms with Crippen LogP contribution in [0.25, 0.3) is 5.65 Å². The molecule has 3 aromatic rings. The van der Waals surface area contributed by atoms with E-state index in [0.717, 1.165) is 18.7 Å². The average Bonchev–Trinajstić information content (AvgIpc) is 2.89. The maximum absolute atomic E-state index is 4.49. The first-order valence-corrected chi connectivity index (χ1v) is 8.16. The minimum atomic E-state index is 0.100. The standard InChI is InChI=1S/C20H25N3/c1-15-6-5-7-17(10-15)20(3,4)14-21-12-18-13-22-19-11-16(2)8-9-23(18)19/h5-11,13,21H,12,14H2,1-4H3. The number of nitrogens with one attached hydrogen (secondary N) is 1. The summed E-state index contributed by atoms with van der Waals surface area (Å²) in [7, 11) is 0. The predicted octanol–water partition coefficient (Wildman–Crippen LogP) is 4.02. The van der Waals surface area contributed by atoms with Gasteiger partial charge < -0.3 is 9.72 Å². The topological polar surface area (TPSA) is 29.3 Å². The van der Waals surface area contributed by atoms with E-state index in [0.29, 0.717) is 0 Å². The molecule has 0 unspecified atom stereocenters. The van der Waals surface area contributed by atoms with Crippen molar-refractivity contribution >= 4 is 5.65 Å². The quantitative estimate of drug-likeness (QED) is 0.771. The molecule has 0 radical (unpaired) electrons. The van der Waals surface area contributed by atoms with E-state index in [9.17, 15) is 0 Å². The van der Waals surface area contributed by atoms with Crippen molar-refractivity contribution in [3.05, 3.63) is 71.2 Å². The van der Waals surface area contributed by atoms with Crippen LogP contribution in [0.5, 0.6) is 0 Å². The number of hydrogen-bond donors (Lipinski definition) is 1. The molecule has 0 aliphatic heterocycles. The van der Waals surface area contributed by atoms with E-state index in [-0.39, 0.29) is 5.41 Å². The fourth-order valence-electron chi connectivity index (χ4n) is 2.94. The van der Waals surface area contributed by atoms with Gasteiger partial charge in [0, 0.05) is 24.7 Å². The molecule has 120 valence electrons. The lowest BCUT2D eigenvalue weighted by Gasteiger charge is -2.26. The molecule has 0 aliphatic carbocycles. The van der Waals surface area contributed by atoms with Gasteiger partial charge in [0.15, 0.2) is 0 Å². The monoisotopic (exact) mass is 307 g/mol. The third kappa shape index (κ3) is 3.45. The van der Waals surface area contributed by atoms with Gasteiger partial charge in [0.2, 0.25) is 0 Å². The van der Waals surface area contributed by atoms with E-state index >= 15 is 0 Å². The number of pyridine rings is 1. The van der Waals surface area contributed by atoms with E-state index in [1.807, 2.05) is 6.20 Å². The average molecular weight is 307 g/mol. The van der Waals surface area contributed by atoms with Gasteiger partial charge in [-0.25, -0.2) is 4.98 Å². The van der Waals surface area contributed by atoms with Crippen molar-refractivity contribution in [2.45, 2.75) is 39.7 Å². The summed E-state index contributed by atoms with van der Waals surface area (Å²) in [5.41, 5.74) is 6.23. The van der Waals surface area contributed by atoms with Crippen molar-refractivity contribution in [3.8, 4) is 0 Å². The van der Waals surface area contributed by atoms with Gasteiger partial charge in [0.25, 0.3) is 0 Å². The van der Waals surface area contributed by atoms with E-state index in [4.69, 9.17) is 0 Å². The number of aryl methyl sites for hydroxylation is 2. The van der Waals surface area contributed by atoms with Crippen LogP contribution >= 0.6 is 0 Å². The molecule has 1 aromatic carbocycles. The number of fused-ring (bicyclic) bond motifs is 1. The second-order valence-electron chi connectivity index (χ2n) is 7.04. The van der Waals surface area contributed by atoms with Crippen molar-refractivity contribution in [1.29, 1.82) is 0 Å². The van der Waals surface area contributed by atoms with Crippen LogP contribution in [0.4, 0.5) is 0 Å². The number of benzene rings is 1. The van der Waals surface area contributed by atoms with Crippen LogP contribution in [0.2, 0.25) is 0 Å². The van der Waals surface area contributed by atoms with Gasteiger partial charge >= 0.3 is 0 Å². The molecular weight excluding hydrogens is 282 g/mol. The van der Waals surface area contributed by atoms with Crippen molar-refractivity contribution < 1.29 is 0 Å². The first-order chi connectivity index (χ1) is 11.0. The van der Waals surface area contributed by atoms with Gasteiger partial charge in [-0.3, -0.25) is 0 Å². The van der Waals surface area contributed by atoms with Crippen LogP contribution in [0.15, 0.2) is 48.8 Å². The van der Waals surface area contributed by atoms with Crippen LogP contribution in [-0.4, -0.2) is 15.9 Å². The zero-order valence-electron chi connectivity index (χ0n) is 14.4. The molecule has 0 saturated heterocycles. The van der Waals surface area contributed by atoms with Gasteiger partial charge in [-0.05, 0) is 37.1 Å². The molecule has 0 spiro atoms. The van der Waals surface area contributed by atoms with Crippen LogP contribution in [0.3, 0.4) is 0 Å². The molecule has 2 aromatic heterocycles. The molecular formula is C20H25N3. The second kappa shape index (κ2) is 6.17. The molecule has 0 fully saturated rings. The van der Waals surface area contributed by atoms with E-state index in [1.54, 1.807) is 0 Å². The molecule has 3 nitrogen and oxygen atoms in total. The Kier molecular flexibility index (Phi) is 4.22. The molecule has 0 saturated carbocycles. The summed E-state index contributed by atoms with van der Waals surface area (Å²) in [5.74, 6) is 0. The Morgan fingerprint density at radius 2 is 1.87 bits per heavy atom. The number of nitrogens with zero attached hydrogens (tertiary/aromatic N) is 2. The minimum absolute atomic E-state index is 0.100. The summed E-state index contributed by atoms with van der Waals surface area (Å²) < 4.78 is 2.15. The van der Waals surface area contributed by atoms with E-state index in [1.165, 1.54) is 22.4 Å². The lowest BCUT2D eigenvalue weighted by Crippen LogP contribution is -2.32. The van der Waals surface area contributed by atoms with Gasteiger partial charge in [-0.15, -0.1) is 0 Å². The highest BCUT2D eigenvalue weighted by atomic mass is 15.0. The Morgan fingerprint density at radius 1 is 1.09 bits per heavy atom. The molecule has 0 atom stereocenters. The third-order valence-corrected chi connectivity index (χ3v) is 4.42. The Balaban J connectivity index is 1.68. The van der Waals surface area contributed by atoms with E-state index in [2.05, 4.69) is 85.0 Å². The summed E-state index contributed by atoms with van der Waals surface area (Å²) >= 11 is 0. The normalized spacial score (nSPS) is 12.0. The maximum atomic E-state index is 4.49. The van der Waals surface area contributed by atoms with Gasteiger partial charge in [-0.1, -0.05) is 43.7 Å². The molecule has 0 amide bonds. The lowest BCUT2D eigenvalue weighted by molar-refractivity contribution is 0.466. The fraction of sp³-hybridized carbons (Fsp3) is 0.350. The van der Waals surface area contributed by atoms with Crippen molar-refractivity contribution in [2.75, 3.05) is 6.54 Å². The Hall–Kier alpha value is -2.13. The fourth-order valence-corrected chi connectivity index (χ4v) is 2.94. The smallest absolute Gasteiger partial charge is 0.137 e. The number of aromatic nitrogens is 2.